The number of ether oxygens (including phenoxy) is 1. The molecule has 2 rings (SSSR count). The molecule has 0 spiro atoms. The van der Waals surface area contributed by atoms with Crippen molar-refractivity contribution in [2.75, 3.05) is 19.7 Å². The molecule has 2 fully saturated rings. The molecule has 4 N–H and O–H groups in total. The standard InChI is InChI=1S/C15H27N3O3/c1-4-21-11-8-15(17,14(11,2)3)13(20)18-7-5-6-10(9-18)12(16)19/h10-11H,4-9,17H2,1-3H3,(H2,16,19). The van der Waals surface area contributed by atoms with E-state index >= 15 is 0 Å². The Kier molecular flexibility index (Phi) is 4.31. The zero-order valence-electron chi connectivity index (χ0n) is 13.2. The lowest BCUT2D eigenvalue weighted by Gasteiger charge is -2.59. The summed E-state index contributed by atoms with van der Waals surface area (Å²) in [5, 5.41) is 0. The Morgan fingerprint density at radius 2 is 2.05 bits per heavy atom. The van der Waals surface area contributed by atoms with Crippen LogP contribution in [0.2, 0.25) is 0 Å². The molecule has 2 amide bonds. The van der Waals surface area contributed by atoms with E-state index in [1.54, 1.807) is 4.90 Å². The van der Waals surface area contributed by atoms with Crippen molar-refractivity contribution in [1.29, 1.82) is 0 Å². The van der Waals surface area contributed by atoms with E-state index in [-0.39, 0.29) is 23.8 Å². The summed E-state index contributed by atoms with van der Waals surface area (Å²) in [6, 6.07) is 0. The number of piperidine rings is 1. The highest BCUT2D eigenvalue weighted by Crippen LogP contribution is 2.50. The van der Waals surface area contributed by atoms with Gasteiger partial charge in [0.25, 0.3) is 0 Å². The van der Waals surface area contributed by atoms with Crippen LogP contribution in [0.1, 0.15) is 40.0 Å². The van der Waals surface area contributed by atoms with Crippen LogP contribution in [0.5, 0.6) is 0 Å². The predicted molar refractivity (Wildman–Crippen MR) is 79.2 cm³/mol. The first-order valence-electron chi connectivity index (χ1n) is 7.73. The number of hydrogen-bond acceptors (Lipinski definition) is 4. The minimum absolute atomic E-state index is 0.00757. The topological polar surface area (TPSA) is 98.7 Å². The Bertz CT molecular complexity index is 438. The summed E-state index contributed by atoms with van der Waals surface area (Å²) in [6.07, 6.45) is 2.09. The van der Waals surface area contributed by atoms with E-state index in [9.17, 15) is 9.59 Å². The molecule has 1 aliphatic heterocycles. The second-order valence-corrected chi connectivity index (χ2v) is 6.83. The van der Waals surface area contributed by atoms with Gasteiger partial charge in [-0.15, -0.1) is 0 Å². The Morgan fingerprint density at radius 3 is 2.57 bits per heavy atom. The number of hydrogen-bond donors (Lipinski definition) is 2. The number of carbonyl (C=O) groups is 2. The van der Waals surface area contributed by atoms with Crippen LogP contribution in [0.25, 0.3) is 0 Å². The van der Waals surface area contributed by atoms with E-state index in [1.807, 2.05) is 20.8 Å². The van der Waals surface area contributed by atoms with Gasteiger partial charge in [0, 0.05) is 31.5 Å². The van der Waals surface area contributed by atoms with E-state index in [4.69, 9.17) is 16.2 Å². The lowest BCUT2D eigenvalue weighted by Crippen LogP contribution is -2.76. The molecule has 3 unspecified atom stereocenters. The summed E-state index contributed by atoms with van der Waals surface area (Å²) in [4.78, 5) is 25.9. The maximum Gasteiger partial charge on any atom is 0.243 e. The number of primary amides is 1. The Labute approximate surface area is 126 Å². The van der Waals surface area contributed by atoms with Crippen molar-refractivity contribution >= 4 is 11.8 Å². The first-order chi connectivity index (χ1) is 9.74. The van der Waals surface area contributed by atoms with Crippen LogP contribution in [-0.4, -0.2) is 48.1 Å². The molecule has 1 saturated heterocycles. The van der Waals surface area contributed by atoms with Crippen molar-refractivity contribution in [3.8, 4) is 0 Å². The molecule has 0 aromatic rings. The van der Waals surface area contributed by atoms with Crippen LogP contribution in [0, 0.1) is 11.3 Å². The van der Waals surface area contributed by atoms with Crippen LogP contribution in [0.4, 0.5) is 0 Å². The SMILES string of the molecule is CCOC1CC(N)(C(=O)N2CCCC(C(N)=O)C2)C1(C)C. The van der Waals surface area contributed by atoms with E-state index in [2.05, 4.69) is 0 Å². The molecule has 1 saturated carbocycles. The number of nitrogens with two attached hydrogens (primary N) is 2. The predicted octanol–water partition coefficient (Wildman–Crippen LogP) is 0.243. The molecule has 6 heteroatoms. The van der Waals surface area contributed by atoms with Crippen LogP contribution < -0.4 is 11.5 Å². The average molecular weight is 297 g/mol. The number of likely N-dealkylation sites (tertiary alicyclic amines) is 1. The quantitative estimate of drug-likeness (QED) is 0.776. The highest BCUT2D eigenvalue weighted by atomic mass is 16.5. The molecule has 120 valence electrons. The summed E-state index contributed by atoms with van der Waals surface area (Å²) < 4.78 is 5.66. The summed E-state index contributed by atoms with van der Waals surface area (Å²) >= 11 is 0. The molecule has 6 nitrogen and oxygen atoms in total. The fraction of sp³-hybridized carbons (Fsp3) is 0.867. The van der Waals surface area contributed by atoms with E-state index in [1.165, 1.54) is 0 Å². The van der Waals surface area contributed by atoms with Gasteiger partial charge < -0.3 is 21.1 Å². The van der Waals surface area contributed by atoms with Crippen LogP contribution in [0.15, 0.2) is 0 Å². The molecular formula is C15H27N3O3. The molecule has 0 aromatic carbocycles. The minimum atomic E-state index is -0.910. The van der Waals surface area contributed by atoms with E-state index < -0.39 is 11.0 Å². The second-order valence-electron chi connectivity index (χ2n) is 6.83. The molecule has 3 atom stereocenters. The number of amides is 2. The van der Waals surface area contributed by atoms with Crippen LogP contribution in [-0.2, 0) is 14.3 Å². The van der Waals surface area contributed by atoms with Crippen LogP contribution in [0.3, 0.4) is 0 Å². The highest BCUT2D eigenvalue weighted by molar-refractivity contribution is 5.89. The maximum atomic E-state index is 12.8. The number of nitrogens with zero attached hydrogens (tertiary/aromatic N) is 1. The van der Waals surface area contributed by atoms with Gasteiger partial charge >= 0.3 is 0 Å². The summed E-state index contributed by atoms with van der Waals surface area (Å²) in [6.45, 7) is 7.55. The Hall–Kier alpha value is -1.14. The van der Waals surface area contributed by atoms with Gasteiger partial charge in [0.2, 0.25) is 11.8 Å². The number of rotatable bonds is 4. The van der Waals surface area contributed by atoms with Crippen LogP contribution >= 0.6 is 0 Å². The fourth-order valence-corrected chi connectivity index (χ4v) is 3.47. The zero-order valence-corrected chi connectivity index (χ0v) is 13.2. The van der Waals surface area contributed by atoms with Crippen molar-refractivity contribution < 1.29 is 14.3 Å². The summed E-state index contributed by atoms with van der Waals surface area (Å²) in [5.41, 5.74) is 10.5. The van der Waals surface area contributed by atoms with Gasteiger partial charge in [-0.05, 0) is 19.8 Å². The first-order valence-corrected chi connectivity index (χ1v) is 7.73. The van der Waals surface area contributed by atoms with Gasteiger partial charge in [-0.1, -0.05) is 13.8 Å². The Morgan fingerprint density at radius 1 is 1.38 bits per heavy atom. The molecule has 2 aliphatic rings. The van der Waals surface area contributed by atoms with Gasteiger partial charge in [-0.3, -0.25) is 9.59 Å². The monoisotopic (exact) mass is 297 g/mol. The van der Waals surface area contributed by atoms with Crippen molar-refractivity contribution in [2.45, 2.75) is 51.7 Å². The third kappa shape index (κ3) is 2.55. The normalized spacial score (nSPS) is 35.1. The van der Waals surface area contributed by atoms with Crippen molar-refractivity contribution in [2.24, 2.45) is 22.8 Å². The summed E-state index contributed by atoms with van der Waals surface area (Å²) in [5.74, 6) is -0.662. The fourth-order valence-electron chi connectivity index (χ4n) is 3.47. The largest absolute Gasteiger partial charge is 0.378 e. The average Bonchev–Trinajstić information content (AvgIpc) is 2.46. The molecule has 1 heterocycles. The zero-order chi connectivity index (χ0) is 15.8. The minimum Gasteiger partial charge on any atom is -0.378 e. The highest BCUT2D eigenvalue weighted by Gasteiger charge is 2.63. The third-order valence-electron chi connectivity index (χ3n) is 5.32. The summed E-state index contributed by atoms with van der Waals surface area (Å²) in [7, 11) is 0. The van der Waals surface area contributed by atoms with Crippen molar-refractivity contribution in [1.82, 2.24) is 4.90 Å². The first kappa shape index (κ1) is 16.2. The molecule has 21 heavy (non-hydrogen) atoms. The Balaban J connectivity index is 2.08. The molecular weight excluding hydrogens is 270 g/mol. The van der Waals surface area contributed by atoms with Gasteiger partial charge in [0.05, 0.1) is 12.0 Å². The van der Waals surface area contributed by atoms with Crippen molar-refractivity contribution in [3.63, 3.8) is 0 Å². The smallest absolute Gasteiger partial charge is 0.243 e. The molecule has 0 radical (unpaired) electrons. The van der Waals surface area contributed by atoms with Gasteiger partial charge in [-0.2, -0.15) is 0 Å². The van der Waals surface area contributed by atoms with Gasteiger partial charge in [0.1, 0.15) is 5.54 Å². The lowest BCUT2D eigenvalue weighted by molar-refractivity contribution is -0.180. The number of carbonyl (C=O) groups excluding carboxylic acids is 2. The van der Waals surface area contributed by atoms with Gasteiger partial charge in [0.15, 0.2) is 0 Å². The lowest BCUT2D eigenvalue weighted by atomic mass is 9.54. The molecule has 0 aromatic heterocycles. The maximum absolute atomic E-state index is 12.8. The van der Waals surface area contributed by atoms with Gasteiger partial charge in [-0.25, -0.2) is 0 Å². The second kappa shape index (κ2) is 5.57. The van der Waals surface area contributed by atoms with E-state index in [0.29, 0.717) is 26.1 Å². The molecule has 1 aliphatic carbocycles. The third-order valence-corrected chi connectivity index (χ3v) is 5.32. The van der Waals surface area contributed by atoms with Crippen molar-refractivity contribution in [3.05, 3.63) is 0 Å². The van der Waals surface area contributed by atoms with E-state index in [0.717, 1.165) is 12.8 Å². The molecule has 0 bridgehead atoms.